The van der Waals surface area contributed by atoms with Crippen molar-refractivity contribution in [3.05, 3.63) is 35.4 Å². The van der Waals surface area contributed by atoms with Gasteiger partial charge in [-0.2, -0.15) is 0 Å². The molecule has 1 aromatic rings. The molecular weight excluding hydrogens is 246 g/mol. The van der Waals surface area contributed by atoms with E-state index in [1.807, 2.05) is 12.1 Å². The molecule has 2 aliphatic rings. The summed E-state index contributed by atoms with van der Waals surface area (Å²) in [5.74, 6) is 1.68. The van der Waals surface area contributed by atoms with Crippen molar-refractivity contribution >= 4 is 5.78 Å². The molecule has 0 bridgehead atoms. The van der Waals surface area contributed by atoms with Gasteiger partial charge in [-0.15, -0.1) is 0 Å². The molecule has 3 rings (SSSR count). The first kappa shape index (κ1) is 13.8. The average Bonchev–Trinajstić information content (AvgIpc) is 3.30. The molecule has 20 heavy (non-hydrogen) atoms. The molecule has 0 heterocycles. The van der Waals surface area contributed by atoms with E-state index in [9.17, 15) is 4.79 Å². The van der Waals surface area contributed by atoms with Crippen LogP contribution in [-0.2, 0) is 0 Å². The maximum atomic E-state index is 12.4. The van der Waals surface area contributed by atoms with Crippen molar-refractivity contribution in [2.24, 2.45) is 5.92 Å². The van der Waals surface area contributed by atoms with E-state index in [-0.39, 0.29) is 5.78 Å². The monoisotopic (exact) mass is 271 g/mol. The van der Waals surface area contributed by atoms with Gasteiger partial charge < -0.3 is 0 Å². The summed E-state index contributed by atoms with van der Waals surface area (Å²) in [5.41, 5.74) is 2.18. The molecule has 2 aliphatic carbocycles. The number of ketones is 1. The van der Waals surface area contributed by atoms with Crippen molar-refractivity contribution in [3.63, 3.8) is 0 Å². The molecule has 0 amide bonds. The van der Waals surface area contributed by atoms with Gasteiger partial charge >= 0.3 is 0 Å². The van der Waals surface area contributed by atoms with Crippen molar-refractivity contribution in [3.8, 4) is 0 Å². The van der Waals surface area contributed by atoms with Crippen LogP contribution in [0.25, 0.3) is 0 Å². The molecule has 0 saturated heterocycles. The van der Waals surface area contributed by atoms with Gasteiger partial charge in [-0.05, 0) is 43.1 Å². The second-order valence-electron chi connectivity index (χ2n) is 6.80. The zero-order valence-electron chi connectivity index (χ0n) is 12.6. The predicted molar refractivity (Wildman–Crippen MR) is 82.2 cm³/mol. The summed E-state index contributed by atoms with van der Waals surface area (Å²) in [6.45, 7) is 6.12. The van der Waals surface area contributed by atoms with E-state index in [4.69, 9.17) is 0 Å². The minimum absolute atomic E-state index is 0.285. The molecule has 0 spiro atoms. The van der Waals surface area contributed by atoms with Crippen LogP contribution in [0.3, 0.4) is 0 Å². The number of carbonyl (C=O) groups is 1. The first-order chi connectivity index (χ1) is 9.63. The smallest absolute Gasteiger partial charge is 0.176 e. The van der Waals surface area contributed by atoms with Crippen molar-refractivity contribution in [1.29, 1.82) is 0 Å². The Kier molecular flexibility index (Phi) is 3.93. The largest absolute Gasteiger partial charge is 0.293 e. The molecule has 0 aromatic heterocycles. The number of hydrogen-bond acceptors (Lipinski definition) is 2. The molecule has 2 fully saturated rings. The van der Waals surface area contributed by atoms with Gasteiger partial charge in [-0.25, -0.2) is 0 Å². The van der Waals surface area contributed by atoms with Crippen LogP contribution in [0.2, 0.25) is 0 Å². The number of rotatable bonds is 7. The van der Waals surface area contributed by atoms with Crippen molar-refractivity contribution in [2.45, 2.75) is 51.5 Å². The molecule has 0 N–H and O–H groups in total. The van der Waals surface area contributed by atoms with Crippen LogP contribution in [0.15, 0.2) is 24.3 Å². The lowest BCUT2D eigenvalue weighted by molar-refractivity contribution is 0.0921. The van der Waals surface area contributed by atoms with E-state index in [0.29, 0.717) is 18.5 Å². The minimum atomic E-state index is 0.285. The summed E-state index contributed by atoms with van der Waals surface area (Å²) in [6.07, 6.45) is 5.29. The first-order valence-corrected chi connectivity index (χ1v) is 8.00. The van der Waals surface area contributed by atoms with Gasteiger partial charge in [0.25, 0.3) is 0 Å². The Bertz CT molecular complexity index is 469. The fourth-order valence-electron chi connectivity index (χ4n) is 2.74. The molecule has 0 unspecified atom stereocenters. The molecule has 2 saturated carbocycles. The van der Waals surface area contributed by atoms with Gasteiger partial charge in [-0.3, -0.25) is 9.69 Å². The Balaban J connectivity index is 1.61. The van der Waals surface area contributed by atoms with Gasteiger partial charge in [0, 0.05) is 18.2 Å². The van der Waals surface area contributed by atoms with E-state index < -0.39 is 0 Å². The Morgan fingerprint density at radius 3 is 2.30 bits per heavy atom. The lowest BCUT2D eigenvalue weighted by Gasteiger charge is -2.21. The molecule has 0 aliphatic heterocycles. The quantitative estimate of drug-likeness (QED) is 0.702. The fraction of sp³-hybridized carbons (Fsp3) is 0.611. The zero-order valence-corrected chi connectivity index (χ0v) is 12.6. The van der Waals surface area contributed by atoms with E-state index in [0.717, 1.165) is 18.0 Å². The number of carbonyl (C=O) groups excluding carboxylic acids is 1. The highest BCUT2D eigenvalue weighted by molar-refractivity contribution is 5.97. The van der Waals surface area contributed by atoms with Gasteiger partial charge in [0.15, 0.2) is 5.78 Å². The Morgan fingerprint density at radius 2 is 1.80 bits per heavy atom. The topological polar surface area (TPSA) is 20.3 Å². The Morgan fingerprint density at radius 1 is 1.15 bits per heavy atom. The van der Waals surface area contributed by atoms with Crippen molar-refractivity contribution in [1.82, 2.24) is 4.90 Å². The minimum Gasteiger partial charge on any atom is -0.293 e. The maximum absolute atomic E-state index is 12.4. The van der Waals surface area contributed by atoms with Crippen LogP contribution < -0.4 is 0 Å². The second kappa shape index (κ2) is 5.69. The van der Waals surface area contributed by atoms with Crippen LogP contribution in [0.5, 0.6) is 0 Å². The summed E-state index contributed by atoms with van der Waals surface area (Å²) < 4.78 is 0. The third kappa shape index (κ3) is 3.49. The highest BCUT2D eigenvalue weighted by Gasteiger charge is 2.34. The third-order valence-corrected chi connectivity index (χ3v) is 4.50. The SMILES string of the molecule is CC(C)c1ccc(C(=O)CN(CC2CC2)C2CC2)cc1. The van der Waals surface area contributed by atoms with E-state index in [1.54, 1.807) is 0 Å². The summed E-state index contributed by atoms with van der Waals surface area (Å²) in [5, 5.41) is 0. The summed E-state index contributed by atoms with van der Waals surface area (Å²) >= 11 is 0. The van der Waals surface area contributed by atoms with E-state index in [1.165, 1.54) is 31.2 Å². The average molecular weight is 271 g/mol. The normalized spacial score (nSPS) is 18.8. The summed E-state index contributed by atoms with van der Waals surface area (Å²) in [6, 6.07) is 8.88. The molecule has 0 atom stereocenters. The number of hydrogen-bond donors (Lipinski definition) is 0. The summed E-state index contributed by atoms with van der Waals surface area (Å²) in [7, 11) is 0. The zero-order chi connectivity index (χ0) is 14.1. The van der Waals surface area contributed by atoms with Crippen LogP contribution in [0.1, 0.15) is 61.4 Å². The standard InChI is InChI=1S/C18H25NO/c1-13(2)15-5-7-16(8-6-15)18(20)12-19(17-9-10-17)11-14-3-4-14/h5-8,13-14,17H,3-4,9-12H2,1-2H3. The predicted octanol–water partition coefficient (Wildman–Crippen LogP) is 3.87. The number of Topliss-reactive ketones (excluding diaryl/α,β-unsaturated/α-hetero) is 1. The van der Waals surface area contributed by atoms with E-state index >= 15 is 0 Å². The van der Waals surface area contributed by atoms with Gasteiger partial charge in [0.1, 0.15) is 0 Å². The van der Waals surface area contributed by atoms with Crippen LogP contribution >= 0.6 is 0 Å². The molecular formula is C18H25NO. The molecule has 2 heteroatoms. The van der Waals surface area contributed by atoms with Crippen LogP contribution in [0, 0.1) is 5.92 Å². The van der Waals surface area contributed by atoms with Gasteiger partial charge in [0.2, 0.25) is 0 Å². The van der Waals surface area contributed by atoms with Crippen molar-refractivity contribution < 1.29 is 4.79 Å². The lowest BCUT2D eigenvalue weighted by atomic mass is 10.0. The fourth-order valence-corrected chi connectivity index (χ4v) is 2.74. The Labute approximate surface area is 122 Å². The van der Waals surface area contributed by atoms with Crippen molar-refractivity contribution in [2.75, 3.05) is 13.1 Å². The summed E-state index contributed by atoms with van der Waals surface area (Å²) in [4.78, 5) is 14.9. The molecule has 0 radical (unpaired) electrons. The van der Waals surface area contributed by atoms with Crippen LogP contribution in [0.4, 0.5) is 0 Å². The molecule has 2 nitrogen and oxygen atoms in total. The highest BCUT2D eigenvalue weighted by atomic mass is 16.1. The number of nitrogens with zero attached hydrogens (tertiary/aromatic N) is 1. The highest BCUT2D eigenvalue weighted by Crippen LogP contribution is 2.34. The second-order valence-corrected chi connectivity index (χ2v) is 6.80. The lowest BCUT2D eigenvalue weighted by Crippen LogP contribution is -2.33. The van der Waals surface area contributed by atoms with Crippen LogP contribution in [-0.4, -0.2) is 29.8 Å². The molecule has 108 valence electrons. The molecule has 1 aromatic carbocycles. The van der Waals surface area contributed by atoms with Gasteiger partial charge in [0.05, 0.1) is 6.54 Å². The number of benzene rings is 1. The third-order valence-electron chi connectivity index (χ3n) is 4.50. The Hall–Kier alpha value is -1.15. The van der Waals surface area contributed by atoms with Gasteiger partial charge in [-0.1, -0.05) is 38.1 Å². The first-order valence-electron chi connectivity index (χ1n) is 8.00. The van der Waals surface area contributed by atoms with E-state index in [2.05, 4.69) is 30.9 Å². The maximum Gasteiger partial charge on any atom is 0.176 e.